The van der Waals surface area contributed by atoms with E-state index in [1.807, 2.05) is 0 Å². The summed E-state index contributed by atoms with van der Waals surface area (Å²) in [4.78, 5) is 45.7. The monoisotopic (exact) mass is 729 g/mol. The molecule has 0 aromatic rings. The highest BCUT2D eigenvalue weighted by Gasteiger charge is 2.28. The summed E-state index contributed by atoms with van der Waals surface area (Å²) in [5.41, 5.74) is 5.31. The summed E-state index contributed by atoms with van der Waals surface area (Å²) in [7, 11) is -4.71. The molecule has 12 heteroatoms. The maximum Gasteiger partial charge on any atom is 0.472 e. The van der Waals surface area contributed by atoms with Crippen LogP contribution < -0.4 is 5.73 Å². The van der Waals surface area contributed by atoms with Crippen LogP contribution in [0.2, 0.25) is 0 Å². The molecule has 1 unspecified atom stereocenters. The van der Waals surface area contributed by atoms with Crippen molar-refractivity contribution in [1.82, 2.24) is 0 Å². The van der Waals surface area contributed by atoms with Crippen molar-refractivity contribution in [3.05, 3.63) is 36.5 Å². The van der Waals surface area contributed by atoms with Crippen LogP contribution in [0, 0.1) is 0 Å². The second-order valence-corrected chi connectivity index (χ2v) is 14.2. The number of carbonyl (C=O) groups excluding carboxylic acids is 2. The number of unbranched alkanes of at least 4 members (excludes halogenated alkanes) is 15. The second-order valence-electron chi connectivity index (χ2n) is 12.7. The number of hydrogen-bond donors (Lipinski definition) is 3. The normalized spacial score (nSPS) is 14.3. The van der Waals surface area contributed by atoms with Gasteiger partial charge >= 0.3 is 25.7 Å². The maximum absolute atomic E-state index is 12.5. The number of hydrogen-bond acceptors (Lipinski definition) is 9. The van der Waals surface area contributed by atoms with Gasteiger partial charge in [-0.1, -0.05) is 115 Å². The van der Waals surface area contributed by atoms with E-state index >= 15 is 0 Å². The van der Waals surface area contributed by atoms with Gasteiger partial charge in [-0.25, -0.2) is 4.57 Å². The summed E-state index contributed by atoms with van der Waals surface area (Å²) in [6.07, 6.45) is 33.6. The molecule has 0 amide bonds. The van der Waals surface area contributed by atoms with Crippen LogP contribution in [0.15, 0.2) is 36.5 Å². The number of phosphoric acid groups is 1. The van der Waals surface area contributed by atoms with E-state index in [2.05, 4.69) is 54.8 Å². The van der Waals surface area contributed by atoms with Crippen molar-refractivity contribution in [2.75, 3.05) is 19.8 Å². The number of phosphoric ester groups is 1. The first-order chi connectivity index (χ1) is 24.1. The topological polar surface area (TPSA) is 172 Å². The molecule has 0 aliphatic carbocycles. The Morgan fingerprint density at radius 1 is 0.620 bits per heavy atom. The molecule has 0 saturated carbocycles. The Morgan fingerprint density at radius 2 is 1.08 bits per heavy atom. The van der Waals surface area contributed by atoms with E-state index < -0.39 is 51.1 Å². The van der Waals surface area contributed by atoms with Gasteiger partial charge in [-0.3, -0.25) is 23.4 Å². The summed E-state index contributed by atoms with van der Waals surface area (Å²) in [6, 6.07) is -1.52. The highest BCUT2D eigenvalue weighted by atomic mass is 31.2. The highest BCUT2D eigenvalue weighted by molar-refractivity contribution is 7.47. The van der Waals surface area contributed by atoms with Crippen LogP contribution in [-0.4, -0.2) is 59.9 Å². The Hall–Kier alpha value is -2.30. The molecule has 290 valence electrons. The van der Waals surface area contributed by atoms with E-state index in [1.165, 1.54) is 32.1 Å². The minimum absolute atomic E-state index is 0.143. The molecule has 4 N–H and O–H groups in total. The van der Waals surface area contributed by atoms with Gasteiger partial charge in [0, 0.05) is 12.8 Å². The van der Waals surface area contributed by atoms with E-state index in [9.17, 15) is 23.8 Å². The lowest BCUT2D eigenvalue weighted by Crippen LogP contribution is -2.34. The average Bonchev–Trinajstić information content (AvgIpc) is 3.09. The fourth-order valence-electron chi connectivity index (χ4n) is 4.78. The average molecular weight is 730 g/mol. The summed E-state index contributed by atoms with van der Waals surface area (Å²) in [6.45, 7) is 2.69. The zero-order valence-corrected chi connectivity index (χ0v) is 31.9. The molecule has 50 heavy (non-hydrogen) atoms. The van der Waals surface area contributed by atoms with Crippen molar-refractivity contribution in [3.8, 4) is 0 Å². The lowest BCUT2D eigenvalue weighted by Gasteiger charge is -2.20. The van der Waals surface area contributed by atoms with Gasteiger partial charge in [-0.2, -0.15) is 0 Å². The Morgan fingerprint density at radius 3 is 1.64 bits per heavy atom. The lowest BCUT2D eigenvalue weighted by molar-refractivity contribution is -0.161. The largest absolute Gasteiger partial charge is 0.480 e. The second kappa shape index (κ2) is 33.8. The zero-order chi connectivity index (χ0) is 37.1. The number of ether oxygens (including phenoxy) is 2. The molecule has 3 atom stereocenters. The highest BCUT2D eigenvalue weighted by Crippen LogP contribution is 2.43. The third-order valence-electron chi connectivity index (χ3n) is 7.86. The maximum atomic E-state index is 12.5. The van der Waals surface area contributed by atoms with Crippen molar-refractivity contribution in [3.63, 3.8) is 0 Å². The van der Waals surface area contributed by atoms with Crippen molar-refractivity contribution < 1.29 is 47.5 Å². The summed E-state index contributed by atoms with van der Waals surface area (Å²) < 4.78 is 32.5. The fraction of sp³-hybridized carbons (Fsp3) is 0.763. The molecule has 0 saturated heterocycles. The number of nitrogens with two attached hydrogens (primary N) is 1. The Bertz CT molecular complexity index is 1000. The number of allylic oxidation sites excluding steroid dienone is 6. The van der Waals surface area contributed by atoms with Gasteiger partial charge in [0.05, 0.1) is 13.2 Å². The van der Waals surface area contributed by atoms with E-state index in [1.54, 1.807) is 0 Å². The number of aliphatic carboxylic acids is 1. The first-order valence-electron chi connectivity index (χ1n) is 19.0. The standard InChI is InChI=1S/C38H68NO10P/c1-3-5-7-9-11-13-15-17-18-20-22-24-26-28-30-37(41)49-34(32-47-50(44,45)48-33-35(39)38(42)43)31-46-36(40)29-27-25-23-21-19-16-14-12-10-8-6-4-2/h9,11-12,14-15,17,34-35H,3-8,10,13,16,18-33,39H2,1-2H3,(H,42,43)(H,44,45)/b11-9+,14-12+,17-15+/t34-,35+/m1/s1. The van der Waals surface area contributed by atoms with Crippen LogP contribution in [0.4, 0.5) is 0 Å². The van der Waals surface area contributed by atoms with E-state index in [-0.39, 0.29) is 19.4 Å². The SMILES string of the molecule is CCCC/C=C/C/C=C/CCCCCCCC(=O)O[C@H](COC(=O)CCCCCCC/C=C/CCCCC)COP(=O)(O)OC[C@H](N)C(=O)O. The van der Waals surface area contributed by atoms with Crippen molar-refractivity contribution in [2.24, 2.45) is 5.73 Å². The molecule has 0 aliphatic rings. The molecular weight excluding hydrogens is 661 g/mol. The molecule has 0 aromatic carbocycles. The first kappa shape index (κ1) is 47.7. The minimum atomic E-state index is -4.71. The van der Waals surface area contributed by atoms with E-state index in [0.717, 1.165) is 83.5 Å². The number of esters is 2. The van der Waals surface area contributed by atoms with Crippen LogP contribution in [0.25, 0.3) is 0 Å². The third-order valence-corrected chi connectivity index (χ3v) is 8.81. The van der Waals surface area contributed by atoms with E-state index in [0.29, 0.717) is 12.8 Å². The fourth-order valence-corrected chi connectivity index (χ4v) is 5.56. The molecule has 0 aromatic heterocycles. The number of carbonyl (C=O) groups is 3. The summed E-state index contributed by atoms with van der Waals surface area (Å²) in [5.74, 6) is -2.41. The number of carboxylic acids is 1. The molecule has 0 fully saturated rings. The molecule has 0 heterocycles. The van der Waals surface area contributed by atoms with Crippen molar-refractivity contribution >= 4 is 25.7 Å². The van der Waals surface area contributed by atoms with Gasteiger partial charge in [0.25, 0.3) is 0 Å². The Kier molecular flexibility index (Phi) is 32.3. The molecule has 0 spiro atoms. The Labute approximate surface area is 302 Å². The summed E-state index contributed by atoms with van der Waals surface area (Å²) >= 11 is 0. The van der Waals surface area contributed by atoms with Gasteiger partial charge < -0.3 is 25.2 Å². The van der Waals surface area contributed by atoms with Gasteiger partial charge in [0.1, 0.15) is 12.6 Å². The minimum Gasteiger partial charge on any atom is -0.480 e. The molecule has 0 aliphatic heterocycles. The van der Waals surface area contributed by atoms with Crippen LogP contribution in [0.3, 0.4) is 0 Å². The smallest absolute Gasteiger partial charge is 0.472 e. The first-order valence-corrected chi connectivity index (χ1v) is 20.5. The van der Waals surface area contributed by atoms with Gasteiger partial charge in [-0.15, -0.1) is 0 Å². The predicted molar refractivity (Wildman–Crippen MR) is 199 cm³/mol. The number of rotatable bonds is 35. The number of carboxylic acid groups (broad SMARTS) is 1. The van der Waals surface area contributed by atoms with Crippen LogP contribution >= 0.6 is 7.82 Å². The molecule has 0 rings (SSSR count). The van der Waals surface area contributed by atoms with Crippen LogP contribution in [0.1, 0.15) is 155 Å². The molecular formula is C38H68NO10P. The van der Waals surface area contributed by atoms with Crippen LogP contribution in [0.5, 0.6) is 0 Å². The predicted octanol–water partition coefficient (Wildman–Crippen LogP) is 9.28. The van der Waals surface area contributed by atoms with Crippen molar-refractivity contribution in [1.29, 1.82) is 0 Å². The molecule has 0 bridgehead atoms. The quantitative estimate of drug-likeness (QED) is 0.0246. The van der Waals surface area contributed by atoms with Gasteiger partial charge in [0.15, 0.2) is 6.10 Å². The molecule has 0 radical (unpaired) electrons. The van der Waals surface area contributed by atoms with Gasteiger partial charge in [-0.05, 0) is 64.2 Å². The van der Waals surface area contributed by atoms with Gasteiger partial charge in [0.2, 0.25) is 0 Å². The molecule has 11 nitrogen and oxygen atoms in total. The van der Waals surface area contributed by atoms with Crippen LogP contribution in [-0.2, 0) is 37.5 Å². The van der Waals surface area contributed by atoms with Crippen molar-refractivity contribution in [2.45, 2.75) is 167 Å². The lowest BCUT2D eigenvalue weighted by atomic mass is 10.1. The third kappa shape index (κ3) is 32.9. The zero-order valence-electron chi connectivity index (χ0n) is 31.0. The Balaban J connectivity index is 4.49. The van der Waals surface area contributed by atoms with E-state index in [4.69, 9.17) is 24.8 Å². The summed E-state index contributed by atoms with van der Waals surface area (Å²) in [5, 5.41) is 8.85.